The molecule has 0 bridgehead atoms. The van der Waals surface area contributed by atoms with Crippen LogP contribution in [-0.2, 0) is 4.79 Å². The molecule has 1 rings (SSSR count). The Bertz CT molecular complexity index is 118. The fourth-order valence-corrected chi connectivity index (χ4v) is 1.05. The summed E-state index contributed by atoms with van der Waals surface area (Å²) < 4.78 is 0. The van der Waals surface area contributed by atoms with Crippen LogP contribution >= 0.6 is 0 Å². The molecule has 4 heteroatoms. The topological polar surface area (TPSA) is 67.2 Å². The van der Waals surface area contributed by atoms with E-state index in [0.29, 0.717) is 0 Å². The zero-order valence-corrected chi connectivity index (χ0v) is 5.89. The van der Waals surface area contributed by atoms with Crippen LogP contribution in [0.3, 0.4) is 0 Å². The zero-order valence-electron chi connectivity index (χ0n) is 5.89. The van der Waals surface area contributed by atoms with Gasteiger partial charge in [-0.2, -0.15) is 0 Å². The van der Waals surface area contributed by atoms with Crippen LogP contribution in [0.15, 0.2) is 0 Å². The summed E-state index contributed by atoms with van der Waals surface area (Å²) in [5.74, 6) is -0.247. The van der Waals surface area contributed by atoms with Crippen LogP contribution in [0, 0.1) is 0 Å². The first-order chi connectivity index (χ1) is 4.80. The minimum atomic E-state index is -0.247. The van der Waals surface area contributed by atoms with E-state index in [9.17, 15) is 4.79 Å². The Balaban J connectivity index is 2.35. The van der Waals surface area contributed by atoms with E-state index in [1.54, 1.807) is 0 Å². The van der Waals surface area contributed by atoms with Crippen LogP contribution in [0.1, 0.15) is 6.42 Å². The van der Waals surface area contributed by atoms with E-state index in [-0.39, 0.29) is 11.9 Å². The SMILES string of the molecule is NC(=O)C1CCNCCN1. The van der Waals surface area contributed by atoms with Gasteiger partial charge in [-0.15, -0.1) is 0 Å². The van der Waals surface area contributed by atoms with Crippen LogP contribution in [0.5, 0.6) is 0 Å². The Labute approximate surface area is 60.2 Å². The van der Waals surface area contributed by atoms with Crippen molar-refractivity contribution in [1.29, 1.82) is 0 Å². The molecule has 0 radical (unpaired) electrons. The number of rotatable bonds is 1. The van der Waals surface area contributed by atoms with Gasteiger partial charge in [0.05, 0.1) is 6.04 Å². The summed E-state index contributed by atoms with van der Waals surface area (Å²) in [7, 11) is 0. The van der Waals surface area contributed by atoms with E-state index >= 15 is 0 Å². The molecule has 1 atom stereocenters. The zero-order chi connectivity index (χ0) is 7.40. The number of primary amides is 1. The first-order valence-corrected chi connectivity index (χ1v) is 3.54. The predicted molar refractivity (Wildman–Crippen MR) is 38.5 cm³/mol. The maximum atomic E-state index is 10.6. The molecule has 4 nitrogen and oxygen atoms in total. The second kappa shape index (κ2) is 3.53. The summed E-state index contributed by atoms with van der Waals surface area (Å²) >= 11 is 0. The van der Waals surface area contributed by atoms with Gasteiger partial charge < -0.3 is 16.4 Å². The molecule has 1 fully saturated rings. The highest BCUT2D eigenvalue weighted by Crippen LogP contribution is 1.91. The van der Waals surface area contributed by atoms with E-state index in [2.05, 4.69) is 10.6 Å². The van der Waals surface area contributed by atoms with Gasteiger partial charge in [0.15, 0.2) is 0 Å². The molecule has 0 saturated carbocycles. The van der Waals surface area contributed by atoms with Crippen LogP contribution in [-0.4, -0.2) is 31.6 Å². The van der Waals surface area contributed by atoms with Gasteiger partial charge in [0.2, 0.25) is 5.91 Å². The third-order valence-electron chi connectivity index (χ3n) is 1.65. The molecular weight excluding hydrogens is 130 g/mol. The highest BCUT2D eigenvalue weighted by molar-refractivity contribution is 5.79. The van der Waals surface area contributed by atoms with Gasteiger partial charge in [-0.1, -0.05) is 0 Å². The molecule has 1 saturated heterocycles. The van der Waals surface area contributed by atoms with Crippen molar-refractivity contribution in [3.63, 3.8) is 0 Å². The minimum Gasteiger partial charge on any atom is -0.368 e. The Morgan fingerprint density at radius 2 is 2.20 bits per heavy atom. The molecule has 0 aromatic carbocycles. The molecule has 4 N–H and O–H groups in total. The smallest absolute Gasteiger partial charge is 0.234 e. The first-order valence-electron chi connectivity index (χ1n) is 3.54. The van der Waals surface area contributed by atoms with E-state index in [0.717, 1.165) is 26.1 Å². The summed E-state index contributed by atoms with van der Waals surface area (Å²) in [6.07, 6.45) is 0.801. The average Bonchev–Trinajstić information content (AvgIpc) is 2.12. The molecular formula is C6H13N3O. The lowest BCUT2D eigenvalue weighted by atomic mass is 10.2. The number of hydrogen-bond donors (Lipinski definition) is 3. The van der Waals surface area contributed by atoms with E-state index in [1.165, 1.54) is 0 Å². The average molecular weight is 143 g/mol. The van der Waals surface area contributed by atoms with Crippen molar-refractivity contribution < 1.29 is 4.79 Å². The number of nitrogens with one attached hydrogen (secondary N) is 2. The third kappa shape index (κ3) is 1.97. The van der Waals surface area contributed by atoms with Gasteiger partial charge >= 0.3 is 0 Å². The Morgan fingerprint density at radius 3 is 2.90 bits per heavy atom. The quantitative estimate of drug-likeness (QED) is 0.415. The fourth-order valence-electron chi connectivity index (χ4n) is 1.05. The second-order valence-electron chi connectivity index (χ2n) is 2.45. The number of nitrogens with two attached hydrogens (primary N) is 1. The van der Waals surface area contributed by atoms with Crippen LogP contribution < -0.4 is 16.4 Å². The number of hydrogen-bond acceptors (Lipinski definition) is 3. The molecule has 0 spiro atoms. The highest BCUT2D eigenvalue weighted by atomic mass is 16.1. The van der Waals surface area contributed by atoms with Gasteiger partial charge in [0, 0.05) is 13.1 Å². The summed E-state index contributed by atoms with van der Waals surface area (Å²) in [4.78, 5) is 10.6. The molecule has 0 aliphatic carbocycles. The molecule has 1 aliphatic rings. The second-order valence-corrected chi connectivity index (χ2v) is 2.45. The van der Waals surface area contributed by atoms with Gasteiger partial charge in [0.25, 0.3) is 0 Å². The van der Waals surface area contributed by atoms with Gasteiger partial charge in [-0.25, -0.2) is 0 Å². The van der Waals surface area contributed by atoms with Crippen LogP contribution in [0.25, 0.3) is 0 Å². The van der Waals surface area contributed by atoms with Crippen molar-refractivity contribution in [2.24, 2.45) is 5.73 Å². The summed E-state index contributed by atoms with van der Waals surface area (Å²) in [6.45, 7) is 2.62. The maximum absolute atomic E-state index is 10.6. The molecule has 1 aliphatic heterocycles. The van der Waals surface area contributed by atoms with E-state index < -0.39 is 0 Å². The van der Waals surface area contributed by atoms with Crippen molar-refractivity contribution in [2.75, 3.05) is 19.6 Å². The summed E-state index contributed by atoms with van der Waals surface area (Å²) in [5.41, 5.74) is 5.11. The lowest BCUT2D eigenvalue weighted by Gasteiger charge is -2.09. The predicted octanol–water partition coefficient (Wildman–Crippen LogP) is -1.58. The highest BCUT2D eigenvalue weighted by Gasteiger charge is 2.15. The maximum Gasteiger partial charge on any atom is 0.234 e. The van der Waals surface area contributed by atoms with Crippen molar-refractivity contribution >= 4 is 5.91 Å². The van der Waals surface area contributed by atoms with Crippen molar-refractivity contribution in [3.8, 4) is 0 Å². The van der Waals surface area contributed by atoms with Crippen molar-refractivity contribution in [1.82, 2.24) is 10.6 Å². The summed E-state index contributed by atoms with van der Waals surface area (Å²) in [6, 6.07) is -0.130. The lowest BCUT2D eigenvalue weighted by Crippen LogP contribution is -2.41. The van der Waals surface area contributed by atoms with Crippen LogP contribution in [0.2, 0.25) is 0 Å². The lowest BCUT2D eigenvalue weighted by molar-refractivity contribution is -0.120. The minimum absolute atomic E-state index is 0.130. The largest absolute Gasteiger partial charge is 0.368 e. The van der Waals surface area contributed by atoms with Gasteiger partial charge in [-0.05, 0) is 13.0 Å². The van der Waals surface area contributed by atoms with E-state index in [1.807, 2.05) is 0 Å². The van der Waals surface area contributed by atoms with E-state index in [4.69, 9.17) is 5.73 Å². The van der Waals surface area contributed by atoms with Crippen molar-refractivity contribution in [3.05, 3.63) is 0 Å². The molecule has 1 amide bonds. The summed E-state index contributed by atoms with van der Waals surface area (Å²) in [5, 5.41) is 6.21. The Morgan fingerprint density at radius 1 is 1.40 bits per heavy atom. The standard InChI is InChI=1S/C6H13N3O/c7-6(10)5-1-2-8-3-4-9-5/h5,8-9H,1-4H2,(H2,7,10). The third-order valence-corrected chi connectivity index (χ3v) is 1.65. The number of carbonyl (C=O) groups is 1. The molecule has 10 heavy (non-hydrogen) atoms. The first kappa shape index (κ1) is 7.50. The molecule has 58 valence electrons. The van der Waals surface area contributed by atoms with Gasteiger partial charge in [0.1, 0.15) is 0 Å². The van der Waals surface area contributed by atoms with Crippen LogP contribution in [0.4, 0.5) is 0 Å². The van der Waals surface area contributed by atoms with Crippen molar-refractivity contribution in [2.45, 2.75) is 12.5 Å². The number of amides is 1. The molecule has 0 aromatic rings. The fraction of sp³-hybridized carbons (Fsp3) is 0.833. The Hall–Kier alpha value is -0.610. The molecule has 0 aromatic heterocycles. The monoisotopic (exact) mass is 143 g/mol. The van der Waals surface area contributed by atoms with Gasteiger partial charge in [-0.3, -0.25) is 4.79 Å². The number of carbonyl (C=O) groups excluding carboxylic acids is 1. The molecule has 1 heterocycles. The Kier molecular flexibility index (Phi) is 2.65. The molecule has 1 unspecified atom stereocenters. The normalized spacial score (nSPS) is 27.4.